The number of benzene rings is 2. The third kappa shape index (κ3) is 6.62. The predicted octanol–water partition coefficient (Wildman–Crippen LogP) is 9.12. The van der Waals surface area contributed by atoms with E-state index >= 15 is 0 Å². The summed E-state index contributed by atoms with van der Waals surface area (Å²) >= 11 is 2.38. The van der Waals surface area contributed by atoms with Crippen LogP contribution in [0.25, 0.3) is 0 Å². The van der Waals surface area contributed by atoms with Crippen LogP contribution in [0.2, 0.25) is 0 Å². The minimum Gasteiger partial charge on any atom is -0.385 e. The number of anilines is 1. The topological polar surface area (TPSA) is 94.3 Å². The Bertz CT molecular complexity index is 1350. The van der Waals surface area contributed by atoms with Crippen LogP contribution in [0.1, 0.15) is 44.2 Å². The van der Waals surface area contributed by atoms with Gasteiger partial charge in [0, 0.05) is 75.6 Å². The Balaban J connectivity index is 1.47. The first-order valence-electron chi connectivity index (χ1n) is 13.1. The van der Waals surface area contributed by atoms with Crippen LogP contribution >= 0.6 is 36.1 Å². The van der Waals surface area contributed by atoms with Gasteiger partial charge in [-0.05, 0) is 105 Å². The molecule has 2 heterocycles. The van der Waals surface area contributed by atoms with E-state index < -0.39 is 0 Å². The fourth-order valence-electron chi connectivity index (χ4n) is 5.34. The maximum atomic E-state index is 9.56. The number of aliphatic imine (C=N–C) groups is 1. The highest BCUT2D eigenvalue weighted by atomic mass is 32.2. The molecule has 0 aliphatic carbocycles. The summed E-state index contributed by atoms with van der Waals surface area (Å²) in [6.45, 7) is 5.01. The normalized spacial score (nSPS) is 22.9. The summed E-state index contributed by atoms with van der Waals surface area (Å²) in [5, 5.41) is 3.55. The third-order valence-corrected chi connectivity index (χ3v) is 9.11. The molecule has 0 aromatic heterocycles. The van der Waals surface area contributed by atoms with Gasteiger partial charge in [0.15, 0.2) is 0 Å². The molecule has 0 saturated heterocycles. The zero-order valence-electron chi connectivity index (χ0n) is 23.0. The minimum absolute atomic E-state index is 0.242. The van der Waals surface area contributed by atoms with Gasteiger partial charge in [-0.3, -0.25) is 4.99 Å². The van der Waals surface area contributed by atoms with E-state index in [4.69, 9.17) is 9.73 Å². The predicted molar refractivity (Wildman–Crippen MR) is 172 cm³/mol. The van der Waals surface area contributed by atoms with E-state index in [-0.39, 0.29) is 10.8 Å². The monoisotopic (exact) mass is 596 g/mol. The van der Waals surface area contributed by atoms with Crippen LogP contribution in [-0.4, -0.2) is 38.8 Å². The largest absolute Gasteiger partial charge is 0.385 e. The molecule has 0 saturated carbocycles. The lowest BCUT2D eigenvalue weighted by Crippen LogP contribution is -2.28. The van der Waals surface area contributed by atoms with Gasteiger partial charge in [0.2, 0.25) is 0 Å². The molecule has 2 atom stereocenters. The number of fused-ring (bicyclic) bond motifs is 2. The Morgan fingerprint density at radius 1 is 0.875 bits per heavy atom. The molecule has 9 heteroatoms. The Kier molecular flexibility index (Phi) is 10.8. The molecular formula is C31H36N2O4S3. The summed E-state index contributed by atoms with van der Waals surface area (Å²) in [6.07, 6.45) is 16.7. The molecule has 0 spiro atoms. The molecule has 4 rings (SSSR count). The highest BCUT2D eigenvalue weighted by molar-refractivity contribution is 7.94. The molecule has 40 heavy (non-hydrogen) atoms. The zero-order chi connectivity index (χ0) is 28.6. The number of allylic oxidation sites excluding steroid dienone is 8. The highest BCUT2D eigenvalue weighted by Gasteiger charge is 2.39. The molecule has 2 unspecified atom stereocenters. The van der Waals surface area contributed by atoms with Gasteiger partial charge in [-0.1, -0.05) is 30.4 Å². The number of hydrogen-bond acceptors (Lipinski definition) is 9. The average Bonchev–Trinajstić information content (AvgIpc) is 3.41. The van der Waals surface area contributed by atoms with Crippen molar-refractivity contribution in [2.75, 3.05) is 24.8 Å². The summed E-state index contributed by atoms with van der Waals surface area (Å²) in [6, 6.07) is 11.8. The fraction of sp³-hybridized carbons (Fsp3) is 0.323. The van der Waals surface area contributed by atoms with Crippen molar-refractivity contribution in [3.63, 3.8) is 0 Å². The molecule has 0 bridgehead atoms. The van der Waals surface area contributed by atoms with Crippen molar-refractivity contribution in [3.8, 4) is 0 Å². The van der Waals surface area contributed by atoms with Gasteiger partial charge >= 0.3 is 0 Å². The Morgan fingerprint density at radius 2 is 1.57 bits per heavy atom. The van der Waals surface area contributed by atoms with Gasteiger partial charge < -0.3 is 23.7 Å². The summed E-state index contributed by atoms with van der Waals surface area (Å²) < 4.78 is 33.7. The molecule has 2 aromatic rings. The van der Waals surface area contributed by atoms with Crippen molar-refractivity contribution in [1.29, 1.82) is 0 Å². The lowest BCUT2D eigenvalue weighted by Gasteiger charge is -2.26. The van der Waals surface area contributed by atoms with Crippen molar-refractivity contribution in [2.24, 2.45) is 4.99 Å². The van der Waals surface area contributed by atoms with Crippen LogP contribution in [0.5, 0.6) is 0 Å². The van der Waals surface area contributed by atoms with Crippen LogP contribution in [0.15, 0.2) is 99.4 Å². The molecule has 2 aromatic carbocycles. The van der Waals surface area contributed by atoms with Crippen molar-refractivity contribution >= 4 is 53.2 Å². The van der Waals surface area contributed by atoms with Crippen molar-refractivity contribution < 1.29 is 18.4 Å². The van der Waals surface area contributed by atoms with Crippen LogP contribution < -0.4 is 5.32 Å². The van der Waals surface area contributed by atoms with E-state index in [1.54, 1.807) is 7.11 Å². The summed E-state index contributed by atoms with van der Waals surface area (Å²) in [5.74, 6) is 0.669. The molecule has 2 aliphatic heterocycles. The minimum atomic E-state index is -0.286. The third-order valence-electron chi connectivity index (χ3n) is 7.71. The summed E-state index contributed by atoms with van der Waals surface area (Å²) in [4.78, 5) is 6.51. The smallest absolute Gasteiger partial charge is 0.0675 e. The van der Waals surface area contributed by atoms with Gasteiger partial charge in [0.1, 0.15) is 0 Å². The number of rotatable bonds is 13. The first-order chi connectivity index (χ1) is 19.4. The summed E-state index contributed by atoms with van der Waals surface area (Å²) in [7, 11) is 1.71. The quantitative estimate of drug-likeness (QED) is 0.103. The average molecular weight is 597 g/mol. The first kappa shape index (κ1) is 30.7. The van der Waals surface area contributed by atoms with Crippen molar-refractivity contribution in [3.05, 3.63) is 95.8 Å². The number of nitrogens with zero attached hydrogens (tertiary/aromatic N) is 1. The molecule has 4 N–H and O–H groups in total. The first-order valence-corrected chi connectivity index (χ1v) is 15.6. The molecule has 212 valence electrons. The molecule has 0 amide bonds. The van der Waals surface area contributed by atoms with E-state index in [2.05, 4.69) is 25.2 Å². The summed E-state index contributed by atoms with van der Waals surface area (Å²) in [5.41, 5.74) is 5.79. The molecular weight excluding hydrogens is 561 g/mol. The molecule has 0 radical (unpaired) electrons. The van der Waals surface area contributed by atoms with Gasteiger partial charge in [-0.2, -0.15) is 0 Å². The van der Waals surface area contributed by atoms with E-state index in [1.807, 2.05) is 72.9 Å². The van der Waals surface area contributed by atoms with E-state index in [0.29, 0.717) is 12.4 Å². The Hall–Kier alpha value is -2.24. The number of ether oxygens (including phenoxy) is 1. The van der Waals surface area contributed by atoms with Crippen LogP contribution in [-0.2, 0) is 15.6 Å². The van der Waals surface area contributed by atoms with Gasteiger partial charge in [0.05, 0.1) is 11.4 Å². The van der Waals surface area contributed by atoms with E-state index in [1.165, 1.54) is 0 Å². The SMILES string of the molecule is COCCC1(C)\C(=C/C=C/C=C/C=C/C2=Nc3ccc(SO)cc3C2(C)CCCSO)Nc2ccc(SO)cc21. The van der Waals surface area contributed by atoms with Crippen molar-refractivity contribution in [2.45, 2.75) is 53.7 Å². The highest BCUT2D eigenvalue weighted by Crippen LogP contribution is 2.47. The zero-order valence-corrected chi connectivity index (χ0v) is 25.4. The van der Waals surface area contributed by atoms with Crippen LogP contribution in [0.4, 0.5) is 11.4 Å². The number of methoxy groups -OCH3 is 1. The fourth-order valence-corrected chi connectivity index (χ4v) is 6.21. The second-order valence-electron chi connectivity index (χ2n) is 10.2. The van der Waals surface area contributed by atoms with Crippen LogP contribution in [0.3, 0.4) is 0 Å². The van der Waals surface area contributed by atoms with E-state index in [9.17, 15) is 13.7 Å². The molecule has 2 aliphatic rings. The molecule has 6 nitrogen and oxygen atoms in total. The Labute approximate surface area is 250 Å². The number of hydrogen-bond donors (Lipinski definition) is 4. The van der Waals surface area contributed by atoms with Gasteiger partial charge in [0.25, 0.3) is 0 Å². The second kappa shape index (κ2) is 14.1. The lowest BCUT2D eigenvalue weighted by atomic mass is 9.76. The molecule has 0 fully saturated rings. The van der Waals surface area contributed by atoms with E-state index in [0.717, 1.165) is 99.1 Å². The van der Waals surface area contributed by atoms with Crippen LogP contribution in [0, 0.1) is 0 Å². The Morgan fingerprint density at radius 3 is 2.30 bits per heavy atom. The maximum Gasteiger partial charge on any atom is 0.0675 e. The lowest BCUT2D eigenvalue weighted by molar-refractivity contribution is 0.179. The number of nitrogens with one attached hydrogen (secondary N) is 1. The van der Waals surface area contributed by atoms with Gasteiger partial charge in [-0.25, -0.2) is 0 Å². The van der Waals surface area contributed by atoms with Gasteiger partial charge in [-0.15, -0.1) is 0 Å². The standard InChI is InChI=1S/C31H36N2O4S3/c1-30(16-9-19-38-34)24-20-22(39-35)12-14-26(24)32-28(30)10-7-5-4-6-8-11-29-31(2,17-18-37-3)25-21-23(40-36)13-15-27(25)33-29/h4-8,10-15,20-21,33-36H,9,16-19H2,1-3H3/b5-4+,8-6+,10-7+,29-11+. The van der Waals surface area contributed by atoms with Crippen molar-refractivity contribution in [1.82, 2.24) is 0 Å². The maximum absolute atomic E-state index is 9.56. The second-order valence-corrected chi connectivity index (χ2v) is 12.2.